The molecule has 11 aromatic rings. The average molecular weight is 949 g/mol. The Morgan fingerprint density at radius 3 is 1.64 bits per heavy atom. The number of rotatable bonds is 9. The monoisotopic (exact) mass is 948 g/mol. The molecule has 0 N–H and O–H groups in total. The Hall–Kier alpha value is -9.80. The van der Waals surface area contributed by atoms with Gasteiger partial charge in [0.2, 0.25) is 0 Å². The Morgan fingerprint density at radius 2 is 0.890 bits per heavy atom. The van der Waals surface area contributed by atoms with E-state index in [0.29, 0.717) is 62.3 Å². The summed E-state index contributed by atoms with van der Waals surface area (Å²) >= 11 is 0. The van der Waals surface area contributed by atoms with Gasteiger partial charge >= 0.3 is 0 Å². The molecule has 4 heterocycles. The Kier molecular flexibility index (Phi) is 9.71. The van der Waals surface area contributed by atoms with E-state index in [1.807, 2.05) is 155 Å². The zero-order valence-electron chi connectivity index (χ0n) is 39.4. The quantitative estimate of drug-likeness (QED) is 0.105. The molecule has 2 aliphatic heterocycles. The van der Waals surface area contributed by atoms with Crippen LogP contribution in [0.5, 0.6) is 0 Å². The summed E-state index contributed by atoms with van der Waals surface area (Å²) in [7, 11) is 2.99. The molecule has 0 radical (unpaired) electrons. The summed E-state index contributed by atoms with van der Waals surface area (Å²) in [6, 6.07) is 60.5. The van der Waals surface area contributed by atoms with Crippen molar-refractivity contribution in [3.05, 3.63) is 250 Å². The largest absolute Gasteiger partial charge is 0.308 e. The minimum Gasteiger partial charge on any atom is -0.308 e. The summed E-state index contributed by atoms with van der Waals surface area (Å²) in [5.74, 6) is -1.85. The first-order chi connectivity index (χ1) is 35.6. The molecule has 2 aromatic heterocycles. The molecular weight excluding hydrogens is 909 g/mol. The molecule has 4 amide bonds. The fourth-order valence-corrected chi connectivity index (χ4v) is 11.1. The van der Waals surface area contributed by atoms with Crippen LogP contribution in [0.15, 0.2) is 194 Å². The summed E-state index contributed by atoms with van der Waals surface area (Å²) in [6.07, 6.45) is 0.430. The average Bonchev–Trinajstić information content (AvgIpc) is 4.09. The van der Waals surface area contributed by atoms with Gasteiger partial charge in [0.15, 0.2) is 11.6 Å². The molecule has 0 saturated carbocycles. The molecule has 10 heteroatoms. The van der Waals surface area contributed by atoms with Crippen molar-refractivity contribution in [3.63, 3.8) is 0 Å². The van der Waals surface area contributed by atoms with Gasteiger partial charge in [0.05, 0.1) is 55.7 Å². The SMILES string of the molecule is CN1C(=O)c2cccc(-n3c4ccc(Cc5ccccc5-c5ccc(-n6c7ccccc7c7ccc(C(=O)c8ccccc8)cc76)c6c5C(=O)N(C)C6=O)cc4c4cc(C(=O)c5ccccc5)ccc43)c2C1=O. The number of carbonyl (C=O) groups is 6. The minimum atomic E-state index is -0.425. The first-order valence-corrected chi connectivity index (χ1v) is 23.9. The lowest BCUT2D eigenvalue weighted by Crippen LogP contribution is -2.24. The van der Waals surface area contributed by atoms with Gasteiger partial charge in [-0.1, -0.05) is 133 Å². The number of carbonyl (C=O) groups excluding carboxylic acids is 6. The van der Waals surface area contributed by atoms with Crippen LogP contribution in [0.4, 0.5) is 0 Å². The second-order valence-corrected chi connectivity index (χ2v) is 18.6. The van der Waals surface area contributed by atoms with Gasteiger partial charge in [0.1, 0.15) is 0 Å². The van der Waals surface area contributed by atoms with Crippen molar-refractivity contribution in [1.29, 1.82) is 0 Å². The van der Waals surface area contributed by atoms with Crippen molar-refractivity contribution >= 4 is 78.8 Å². The third kappa shape index (κ3) is 6.50. The van der Waals surface area contributed by atoms with Crippen molar-refractivity contribution in [2.45, 2.75) is 6.42 Å². The van der Waals surface area contributed by atoms with Gasteiger partial charge in [-0.2, -0.15) is 0 Å². The summed E-state index contributed by atoms with van der Waals surface area (Å²) in [5, 5.41) is 3.46. The molecule has 0 unspecified atom stereocenters. The first-order valence-electron chi connectivity index (χ1n) is 23.9. The molecule has 0 atom stereocenters. The minimum absolute atomic E-state index is 0.128. The van der Waals surface area contributed by atoms with Crippen LogP contribution in [0.3, 0.4) is 0 Å². The van der Waals surface area contributed by atoms with E-state index in [1.165, 1.54) is 19.0 Å². The van der Waals surface area contributed by atoms with Crippen LogP contribution in [0, 0.1) is 0 Å². The standard InChI is InChI=1S/C63H40N4O6/c1-64-60(70)46-21-13-23-52(55(46)61(64)71)66-50-29-24-36(33-47(50)48-34-40(26-30-51(48)66)58(68)37-14-5-3-6-15-37)32-39-18-9-10-19-42(39)45-28-31-53(57-56(45)62(72)65(2)63(57)73)67-49-22-12-11-20-43(49)44-27-25-41(35-54(44)67)59(69)38-16-7-4-8-17-38/h3-31,33-35H,32H2,1-2H3. The van der Waals surface area contributed by atoms with E-state index in [2.05, 4.69) is 6.07 Å². The number of hydrogen-bond donors (Lipinski definition) is 0. The van der Waals surface area contributed by atoms with Crippen molar-refractivity contribution in [2.75, 3.05) is 14.1 Å². The second kappa shape index (κ2) is 16.4. The Balaban J connectivity index is 0.958. The zero-order valence-corrected chi connectivity index (χ0v) is 39.4. The van der Waals surface area contributed by atoms with E-state index in [9.17, 15) is 28.8 Å². The number of amides is 4. The van der Waals surface area contributed by atoms with Gasteiger partial charge in [0, 0.05) is 57.9 Å². The lowest BCUT2D eigenvalue weighted by atomic mass is 9.89. The lowest BCUT2D eigenvalue weighted by molar-refractivity contribution is 0.0678. The fourth-order valence-electron chi connectivity index (χ4n) is 11.1. The molecule has 13 rings (SSSR count). The van der Waals surface area contributed by atoms with Crippen LogP contribution in [0.2, 0.25) is 0 Å². The predicted octanol–water partition coefficient (Wildman–Crippen LogP) is 12.1. The maximum atomic E-state index is 14.5. The van der Waals surface area contributed by atoms with Gasteiger partial charge in [-0.25, -0.2) is 0 Å². The number of nitrogens with zero attached hydrogens (tertiary/aromatic N) is 4. The van der Waals surface area contributed by atoms with Crippen LogP contribution in [-0.4, -0.2) is 68.2 Å². The summed E-state index contributed by atoms with van der Waals surface area (Å²) in [5.41, 5.74) is 10.7. The van der Waals surface area contributed by atoms with E-state index in [1.54, 1.807) is 42.5 Å². The third-order valence-corrected chi connectivity index (χ3v) is 14.6. The maximum absolute atomic E-state index is 14.5. The summed E-state index contributed by atoms with van der Waals surface area (Å²) < 4.78 is 3.98. The predicted molar refractivity (Wildman–Crippen MR) is 282 cm³/mol. The second-order valence-electron chi connectivity index (χ2n) is 18.6. The van der Waals surface area contributed by atoms with Gasteiger partial charge in [0.25, 0.3) is 23.6 Å². The highest BCUT2D eigenvalue weighted by molar-refractivity contribution is 6.27. The highest BCUT2D eigenvalue weighted by Gasteiger charge is 2.39. The summed E-state index contributed by atoms with van der Waals surface area (Å²) in [6.45, 7) is 0. The number of aromatic nitrogens is 2. The van der Waals surface area contributed by atoms with Gasteiger partial charge in [-0.05, 0) is 89.3 Å². The molecular formula is C63H40N4O6. The van der Waals surface area contributed by atoms with E-state index >= 15 is 0 Å². The van der Waals surface area contributed by atoms with Crippen molar-refractivity contribution in [1.82, 2.24) is 18.9 Å². The van der Waals surface area contributed by atoms with Crippen molar-refractivity contribution in [3.8, 4) is 22.5 Å². The van der Waals surface area contributed by atoms with Crippen LogP contribution in [-0.2, 0) is 6.42 Å². The van der Waals surface area contributed by atoms with Crippen molar-refractivity contribution < 1.29 is 28.8 Å². The molecule has 2 aliphatic rings. The number of fused-ring (bicyclic) bond motifs is 8. The molecule has 0 bridgehead atoms. The number of imide groups is 2. The highest BCUT2D eigenvalue weighted by Crippen LogP contribution is 2.43. The highest BCUT2D eigenvalue weighted by atomic mass is 16.2. The van der Waals surface area contributed by atoms with E-state index in [0.717, 1.165) is 65.2 Å². The molecule has 73 heavy (non-hydrogen) atoms. The summed E-state index contributed by atoms with van der Waals surface area (Å²) in [4.78, 5) is 85.9. The smallest absolute Gasteiger partial charge is 0.263 e. The topological polar surface area (TPSA) is 119 Å². The van der Waals surface area contributed by atoms with Gasteiger partial charge in [-0.3, -0.25) is 38.6 Å². The number of hydrogen-bond acceptors (Lipinski definition) is 6. The Labute approximate surface area is 417 Å². The van der Waals surface area contributed by atoms with Gasteiger partial charge in [-0.15, -0.1) is 0 Å². The molecule has 348 valence electrons. The van der Waals surface area contributed by atoms with Crippen LogP contribution < -0.4 is 0 Å². The number of para-hydroxylation sites is 1. The fraction of sp³-hybridized carbons (Fsp3) is 0.0476. The number of ketones is 2. The molecule has 0 saturated heterocycles. The van der Waals surface area contributed by atoms with E-state index in [4.69, 9.17) is 0 Å². The molecule has 10 nitrogen and oxygen atoms in total. The van der Waals surface area contributed by atoms with Crippen LogP contribution >= 0.6 is 0 Å². The third-order valence-electron chi connectivity index (χ3n) is 14.6. The first kappa shape index (κ1) is 43.2. The molecule has 0 aliphatic carbocycles. The Bertz CT molecular complexity index is 4280. The molecule has 0 fully saturated rings. The maximum Gasteiger partial charge on any atom is 0.263 e. The normalized spacial score (nSPS) is 13.3. The van der Waals surface area contributed by atoms with Gasteiger partial charge < -0.3 is 9.13 Å². The van der Waals surface area contributed by atoms with Crippen LogP contribution in [0.25, 0.3) is 66.1 Å². The zero-order chi connectivity index (χ0) is 49.8. The molecule has 9 aromatic carbocycles. The molecule has 0 spiro atoms. The lowest BCUT2D eigenvalue weighted by Gasteiger charge is -2.16. The number of benzene rings is 9. The van der Waals surface area contributed by atoms with E-state index < -0.39 is 11.8 Å². The van der Waals surface area contributed by atoms with Crippen LogP contribution in [0.1, 0.15) is 84.4 Å². The Morgan fingerprint density at radius 1 is 0.356 bits per heavy atom. The van der Waals surface area contributed by atoms with E-state index in [-0.39, 0.29) is 28.9 Å². The van der Waals surface area contributed by atoms with Crippen molar-refractivity contribution in [2.24, 2.45) is 0 Å².